The van der Waals surface area contributed by atoms with Crippen molar-refractivity contribution >= 4 is 25.0 Å². The lowest BCUT2D eigenvalue weighted by Crippen LogP contribution is -2.46. The molecule has 0 N–H and O–H groups in total. The highest BCUT2D eigenvalue weighted by atomic mass is 28.3. The zero-order valence-electron chi connectivity index (χ0n) is 12.9. The first-order valence-electron chi connectivity index (χ1n) is 7.35. The third-order valence-corrected chi connectivity index (χ3v) is 8.28. The summed E-state index contributed by atoms with van der Waals surface area (Å²) in [6.45, 7) is 6.59. The molecule has 1 heterocycles. The van der Waals surface area contributed by atoms with Crippen molar-refractivity contribution in [2.75, 3.05) is 6.61 Å². The molecule has 1 aliphatic rings. The van der Waals surface area contributed by atoms with Gasteiger partial charge in [0.05, 0.1) is 14.7 Å². The third-order valence-electron chi connectivity index (χ3n) is 4.24. The predicted molar refractivity (Wildman–Crippen MR) is 86.3 cm³/mol. The number of allylic oxidation sites excluding steroid dienone is 1. The fourth-order valence-corrected chi connectivity index (χ4v) is 5.76. The maximum Gasteiger partial charge on any atom is 0.333 e. The number of carbonyl (C=O) groups is 2. The van der Waals surface area contributed by atoms with Crippen LogP contribution in [0.4, 0.5) is 0 Å². The topological polar surface area (TPSA) is 43.4 Å². The van der Waals surface area contributed by atoms with Gasteiger partial charge in [-0.3, -0.25) is 0 Å². The number of Topliss-reactive ketones (excluding diaryl/α,β-unsaturated/α-hetero) is 1. The molecular weight excluding hydrogens is 280 g/mol. The van der Waals surface area contributed by atoms with Crippen LogP contribution in [0.1, 0.15) is 19.8 Å². The van der Waals surface area contributed by atoms with Gasteiger partial charge in [0, 0.05) is 17.5 Å². The summed E-state index contributed by atoms with van der Waals surface area (Å²) in [7, 11) is -1.83. The van der Waals surface area contributed by atoms with E-state index in [4.69, 9.17) is 4.74 Å². The number of ketones is 1. The standard InChI is InChI=1S/C17H22O3Si/c1-13(18)8-7-11-15-16(12-20-17(15)19)21(2,3)14-9-5-4-6-10-14/h4-6,9-11,16H,7-8,12H2,1-3H3/b15-11-/t16-/m1/s1. The van der Waals surface area contributed by atoms with Crippen molar-refractivity contribution in [2.24, 2.45) is 0 Å². The summed E-state index contributed by atoms with van der Waals surface area (Å²) >= 11 is 0. The molecule has 1 fully saturated rings. The monoisotopic (exact) mass is 302 g/mol. The first-order valence-corrected chi connectivity index (χ1v) is 10.4. The summed E-state index contributed by atoms with van der Waals surface area (Å²) < 4.78 is 5.29. The van der Waals surface area contributed by atoms with Gasteiger partial charge in [-0.2, -0.15) is 0 Å². The largest absolute Gasteiger partial charge is 0.462 e. The molecule has 0 amide bonds. The molecule has 1 aromatic rings. The van der Waals surface area contributed by atoms with Crippen molar-refractivity contribution in [1.29, 1.82) is 0 Å². The average Bonchev–Trinajstić information content (AvgIpc) is 2.82. The molecule has 3 nitrogen and oxygen atoms in total. The molecule has 21 heavy (non-hydrogen) atoms. The van der Waals surface area contributed by atoms with Crippen molar-refractivity contribution in [3.05, 3.63) is 42.0 Å². The fourth-order valence-electron chi connectivity index (χ4n) is 2.80. The minimum atomic E-state index is -1.83. The number of cyclic esters (lactones) is 1. The number of hydrogen-bond donors (Lipinski definition) is 0. The van der Waals surface area contributed by atoms with Crippen LogP contribution in [0.15, 0.2) is 42.0 Å². The summed E-state index contributed by atoms with van der Waals surface area (Å²) in [5.41, 5.74) is 0.941. The molecule has 0 aromatic heterocycles. The molecule has 1 aliphatic heterocycles. The Morgan fingerprint density at radius 1 is 1.33 bits per heavy atom. The number of carbonyl (C=O) groups excluding carboxylic acids is 2. The Morgan fingerprint density at radius 2 is 2.00 bits per heavy atom. The smallest absolute Gasteiger partial charge is 0.333 e. The van der Waals surface area contributed by atoms with E-state index >= 15 is 0 Å². The van der Waals surface area contributed by atoms with Gasteiger partial charge in [0.25, 0.3) is 0 Å². The molecule has 0 radical (unpaired) electrons. The van der Waals surface area contributed by atoms with E-state index in [0.717, 1.165) is 5.57 Å². The molecule has 0 bridgehead atoms. The molecule has 1 aromatic carbocycles. The van der Waals surface area contributed by atoms with E-state index in [-0.39, 0.29) is 17.3 Å². The van der Waals surface area contributed by atoms with E-state index in [2.05, 4.69) is 25.2 Å². The maximum absolute atomic E-state index is 12.0. The van der Waals surface area contributed by atoms with Crippen LogP contribution in [-0.2, 0) is 14.3 Å². The van der Waals surface area contributed by atoms with Gasteiger partial charge in [0.2, 0.25) is 0 Å². The average molecular weight is 302 g/mol. The highest BCUT2D eigenvalue weighted by Crippen LogP contribution is 2.36. The lowest BCUT2D eigenvalue weighted by molar-refractivity contribution is -0.135. The van der Waals surface area contributed by atoms with Crippen LogP contribution < -0.4 is 5.19 Å². The van der Waals surface area contributed by atoms with Gasteiger partial charge >= 0.3 is 5.97 Å². The highest BCUT2D eigenvalue weighted by Gasteiger charge is 2.43. The summed E-state index contributed by atoms with van der Waals surface area (Å²) in [4.78, 5) is 23.0. The van der Waals surface area contributed by atoms with Crippen LogP contribution in [0.25, 0.3) is 0 Å². The van der Waals surface area contributed by atoms with Crippen molar-refractivity contribution in [3.8, 4) is 0 Å². The molecule has 0 unspecified atom stereocenters. The van der Waals surface area contributed by atoms with Crippen molar-refractivity contribution in [1.82, 2.24) is 0 Å². The van der Waals surface area contributed by atoms with E-state index in [1.165, 1.54) is 5.19 Å². The lowest BCUT2D eigenvalue weighted by atomic mass is 10.1. The van der Waals surface area contributed by atoms with Crippen LogP contribution in [-0.4, -0.2) is 26.4 Å². The number of hydrogen-bond acceptors (Lipinski definition) is 3. The van der Waals surface area contributed by atoms with Gasteiger partial charge in [0.15, 0.2) is 0 Å². The third kappa shape index (κ3) is 3.50. The highest BCUT2D eigenvalue weighted by molar-refractivity contribution is 6.91. The van der Waals surface area contributed by atoms with E-state index in [0.29, 0.717) is 19.4 Å². The molecule has 0 spiro atoms. The first-order chi connectivity index (χ1) is 9.93. The molecule has 2 rings (SSSR count). The number of esters is 1. The number of ether oxygens (including phenoxy) is 1. The summed E-state index contributed by atoms with van der Waals surface area (Å²) in [5.74, 6) is -0.0608. The molecular formula is C17H22O3Si. The Bertz CT molecular complexity index is 561. The van der Waals surface area contributed by atoms with Gasteiger partial charge in [-0.15, -0.1) is 0 Å². The van der Waals surface area contributed by atoms with E-state index in [1.54, 1.807) is 6.92 Å². The van der Waals surface area contributed by atoms with E-state index in [9.17, 15) is 9.59 Å². The van der Waals surface area contributed by atoms with E-state index < -0.39 is 8.07 Å². The van der Waals surface area contributed by atoms with E-state index in [1.807, 2.05) is 24.3 Å². The normalized spacial score (nSPS) is 20.6. The molecule has 1 saturated heterocycles. The zero-order chi connectivity index (χ0) is 15.5. The van der Waals surface area contributed by atoms with Crippen molar-refractivity contribution in [2.45, 2.75) is 38.4 Å². The minimum absolute atomic E-state index is 0.148. The molecule has 4 heteroatoms. The number of rotatable bonds is 5. The molecule has 0 saturated carbocycles. The Balaban J connectivity index is 2.24. The van der Waals surface area contributed by atoms with Gasteiger partial charge < -0.3 is 9.53 Å². The molecule has 1 atom stereocenters. The maximum atomic E-state index is 12.0. The first kappa shape index (κ1) is 15.7. The number of benzene rings is 1. The lowest BCUT2D eigenvalue weighted by Gasteiger charge is -2.29. The molecule has 0 aliphatic carbocycles. The fraction of sp³-hybridized carbons (Fsp3) is 0.412. The summed E-state index contributed by atoms with van der Waals surface area (Å²) in [5, 5.41) is 1.32. The predicted octanol–water partition coefficient (Wildman–Crippen LogP) is 2.82. The van der Waals surface area contributed by atoms with Gasteiger partial charge in [-0.1, -0.05) is 54.7 Å². The van der Waals surface area contributed by atoms with Crippen LogP contribution in [0.5, 0.6) is 0 Å². The molecule has 112 valence electrons. The SMILES string of the molecule is CC(=O)CC/C=C1\C(=O)OC[C@H]1[Si](C)(C)c1ccccc1. The summed E-state index contributed by atoms with van der Waals surface area (Å²) in [6.07, 6.45) is 3.02. The summed E-state index contributed by atoms with van der Waals surface area (Å²) in [6, 6.07) is 10.4. The second-order valence-electron chi connectivity index (χ2n) is 6.14. The van der Waals surface area contributed by atoms with Crippen LogP contribution in [0.2, 0.25) is 18.6 Å². The van der Waals surface area contributed by atoms with Crippen LogP contribution >= 0.6 is 0 Å². The van der Waals surface area contributed by atoms with Crippen molar-refractivity contribution < 1.29 is 14.3 Å². The van der Waals surface area contributed by atoms with Crippen LogP contribution in [0, 0.1) is 0 Å². The Morgan fingerprint density at radius 3 is 2.62 bits per heavy atom. The Hall–Kier alpha value is -1.68. The Kier molecular flexibility index (Phi) is 4.78. The van der Waals surface area contributed by atoms with Gasteiger partial charge in [0.1, 0.15) is 5.78 Å². The minimum Gasteiger partial charge on any atom is -0.462 e. The Labute approximate surface area is 127 Å². The van der Waals surface area contributed by atoms with Crippen molar-refractivity contribution in [3.63, 3.8) is 0 Å². The second-order valence-corrected chi connectivity index (χ2v) is 10.9. The zero-order valence-corrected chi connectivity index (χ0v) is 13.9. The quantitative estimate of drug-likeness (QED) is 0.477. The second kappa shape index (κ2) is 6.39. The van der Waals surface area contributed by atoms with Crippen LogP contribution in [0.3, 0.4) is 0 Å². The van der Waals surface area contributed by atoms with Gasteiger partial charge in [-0.25, -0.2) is 4.79 Å². The van der Waals surface area contributed by atoms with Gasteiger partial charge in [-0.05, 0) is 13.3 Å².